The first-order chi connectivity index (χ1) is 8.08. The predicted octanol–water partition coefficient (Wildman–Crippen LogP) is 1.18. The average molecular weight is 241 g/mol. The molecule has 0 atom stereocenters. The Kier molecular flexibility index (Phi) is 4.90. The third-order valence-corrected chi connectivity index (χ3v) is 2.39. The molecule has 0 saturated carbocycles. The minimum atomic E-state index is -0.451. The number of amides is 1. The summed E-state index contributed by atoms with van der Waals surface area (Å²) in [5.41, 5.74) is 0.678. The summed E-state index contributed by atoms with van der Waals surface area (Å²) in [6.45, 7) is 0.125. The molecule has 0 radical (unpaired) electrons. The molecule has 1 N–H and O–H groups in total. The molecule has 0 aliphatic carbocycles. The molecule has 0 bridgehead atoms. The first kappa shape index (κ1) is 13.4. The maximum Gasteiger partial charge on any atom is 0.224 e. The fraction of sp³-hybridized carbons (Fsp3) is 0.417. The van der Waals surface area contributed by atoms with Crippen molar-refractivity contribution in [1.29, 1.82) is 0 Å². The smallest absolute Gasteiger partial charge is 0.224 e. The van der Waals surface area contributed by atoms with Crippen molar-refractivity contribution >= 4 is 5.91 Å². The van der Waals surface area contributed by atoms with Gasteiger partial charge < -0.3 is 14.7 Å². The van der Waals surface area contributed by atoms with Crippen LogP contribution in [-0.2, 0) is 11.3 Å². The number of methoxy groups -OCH3 is 1. The van der Waals surface area contributed by atoms with Gasteiger partial charge in [0.1, 0.15) is 0 Å². The highest BCUT2D eigenvalue weighted by atomic mass is 19.1. The average Bonchev–Trinajstić information content (AvgIpc) is 2.29. The van der Waals surface area contributed by atoms with Crippen molar-refractivity contribution in [3.05, 3.63) is 29.6 Å². The molecule has 0 heterocycles. The number of rotatable bonds is 5. The van der Waals surface area contributed by atoms with Crippen LogP contribution in [0.3, 0.4) is 0 Å². The molecule has 0 aliphatic heterocycles. The Morgan fingerprint density at radius 3 is 2.76 bits per heavy atom. The SMILES string of the molecule is COc1ccc(CN(C)C(=O)CCO)cc1F. The second-order valence-electron chi connectivity index (χ2n) is 3.69. The largest absolute Gasteiger partial charge is 0.494 e. The number of aliphatic hydroxyl groups is 1. The Morgan fingerprint density at radius 1 is 1.53 bits per heavy atom. The predicted molar refractivity (Wildman–Crippen MR) is 61.1 cm³/mol. The second-order valence-corrected chi connectivity index (χ2v) is 3.69. The summed E-state index contributed by atoms with van der Waals surface area (Å²) in [7, 11) is 3.01. The third-order valence-electron chi connectivity index (χ3n) is 2.39. The van der Waals surface area contributed by atoms with Gasteiger partial charge in [-0.25, -0.2) is 4.39 Å². The molecule has 17 heavy (non-hydrogen) atoms. The summed E-state index contributed by atoms with van der Waals surface area (Å²) >= 11 is 0. The summed E-state index contributed by atoms with van der Waals surface area (Å²) < 4.78 is 18.2. The number of ether oxygens (including phenoxy) is 1. The van der Waals surface area contributed by atoms with Crippen LogP contribution >= 0.6 is 0 Å². The minimum Gasteiger partial charge on any atom is -0.494 e. The zero-order chi connectivity index (χ0) is 12.8. The molecule has 1 aromatic rings. The van der Waals surface area contributed by atoms with Crippen molar-refractivity contribution in [3.63, 3.8) is 0 Å². The highest BCUT2D eigenvalue weighted by Gasteiger charge is 2.10. The van der Waals surface area contributed by atoms with Crippen LogP contribution < -0.4 is 4.74 Å². The van der Waals surface area contributed by atoms with Crippen LogP contribution in [0.1, 0.15) is 12.0 Å². The molecular formula is C12H16FNO3. The number of hydrogen-bond acceptors (Lipinski definition) is 3. The molecule has 0 unspecified atom stereocenters. The number of halogens is 1. The van der Waals surface area contributed by atoms with Gasteiger partial charge in [-0.3, -0.25) is 4.79 Å². The molecular weight excluding hydrogens is 225 g/mol. The van der Waals surface area contributed by atoms with Gasteiger partial charge in [-0.2, -0.15) is 0 Å². The highest BCUT2D eigenvalue weighted by Crippen LogP contribution is 2.18. The van der Waals surface area contributed by atoms with Crippen molar-refractivity contribution in [3.8, 4) is 5.75 Å². The third kappa shape index (κ3) is 3.71. The maximum absolute atomic E-state index is 13.4. The van der Waals surface area contributed by atoms with Gasteiger partial charge in [0.2, 0.25) is 5.91 Å². The van der Waals surface area contributed by atoms with Gasteiger partial charge >= 0.3 is 0 Å². The van der Waals surface area contributed by atoms with E-state index < -0.39 is 5.82 Å². The van der Waals surface area contributed by atoms with E-state index in [0.717, 1.165) is 0 Å². The van der Waals surface area contributed by atoms with Gasteiger partial charge in [-0.1, -0.05) is 6.07 Å². The molecule has 94 valence electrons. The molecule has 0 aromatic heterocycles. The second kappa shape index (κ2) is 6.20. The number of hydrogen-bond donors (Lipinski definition) is 1. The highest BCUT2D eigenvalue weighted by molar-refractivity contribution is 5.75. The summed E-state index contributed by atoms with van der Waals surface area (Å²) in [6.07, 6.45) is 0.0785. The van der Waals surface area contributed by atoms with E-state index >= 15 is 0 Å². The van der Waals surface area contributed by atoms with Crippen molar-refractivity contribution in [2.24, 2.45) is 0 Å². The summed E-state index contributed by atoms with van der Waals surface area (Å²) in [5, 5.41) is 8.64. The minimum absolute atomic E-state index is 0.0785. The molecule has 0 spiro atoms. The Morgan fingerprint density at radius 2 is 2.24 bits per heavy atom. The van der Waals surface area contributed by atoms with E-state index in [1.165, 1.54) is 24.1 Å². The molecule has 0 aliphatic rings. The van der Waals surface area contributed by atoms with Crippen molar-refractivity contribution in [2.75, 3.05) is 20.8 Å². The van der Waals surface area contributed by atoms with Crippen LogP contribution in [-0.4, -0.2) is 36.7 Å². The van der Waals surface area contributed by atoms with E-state index in [-0.39, 0.29) is 24.7 Å². The van der Waals surface area contributed by atoms with Crippen LogP contribution in [0, 0.1) is 5.82 Å². The summed E-state index contributed by atoms with van der Waals surface area (Å²) in [4.78, 5) is 12.8. The molecule has 4 nitrogen and oxygen atoms in total. The number of aliphatic hydroxyl groups excluding tert-OH is 1. The molecule has 1 rings (SSSR count). The lowest BCUT2D eigenvalue weighted by atomic mass is 10.2. The quantitative estimate of drug-likeness (QED) is 0.842. The number of nitrogens with zero attached hydrogens (tertiary/aromatic N) is 1. The van der Waals surface area contributed by atoms with E-state index in [1.807, 2.05) is 0 Å². The standard InChI is InChI=1S/C12H16FNO3/c1-14(12(16)5-6-15)8-9-3-4-11(17-2)10(13)7-9/h3-4,7,15H,5-6,8H2,1-2H3. The summed E-state index contributed by atoms with van der Waals surface area (Å²) in [5.74, 6) is -0.449. The van der Waals surface area contributed by atoms with E-state index in [1.54, 1.807) is 13.1 Å². The van der Waals surface area contributed by atoms with E-state index in [2.05, 4.69) is 0 Å². The zero-order valence-corrected chi connectivity index (χ0v) is 9.94. The Balaban J connectivity index is 2.68. The summed E-state index contributed by atoms with van der Waals surface area (Å²) in [6, 6.07) is 4.56. The van der Waals surface area contributed by atoms with Crippen LogP contribution in [0.4, 0.5) is 4.39 Å². The van der Waals surface area contributed by atoms with Crippen LogP contribution in [0.25, 0.3) is 0 Å². The molecule has 0 fully saturated rings. The Hall–Kier alpha value is -1.62. The van der Waals surface area contributed by atoms with E-state index in [9.17, 15) is 9.18 Å². The van der Waals surface area contributed by atoms with Crippen LogP contribution in [0.15, 0.2) is 18.2 Å². The fourth-order valence-corrected chi connectivity index (χ4v) is 1.46. The lowest BCUT2D eigenvalue weighted by molar-refractivity contribution is -0.131. The fourth-order valence-electron chi connectivity index (χ4n) is 1.46. The normalized spacial score (nSPS) is 10.1. The molecule has 0 saturated heterocycles. The molecule has 5 heteroatoms. The number of carbonyl (C=O) groups excluding carboxylic acids is 1. The lowest BCUT2D eigenvalue weighted by Crippen LogP contribution is -2.26. The maximum atomic E-state index is 13.4. The van der Waals surface area contributed by atoms with Gasteiger partial charge in [-0.15, -0.1) is 0 Å². The zero-order valence-electron chi connectivity index (χ0n) is 9.94. The van der Waals surface area contributed by atoms with Gasteiger partial charge in [0.15, 0.2) is 11.6 Å². The van der Waals surface area contributed by atoms with Crippen molar-refractivity contribution in [1.82, 2.24) is 4.90 Å². The van der Waals surface area contributed by atoms with E-state index in [0.29, 0.717) is 12.1 Å². The van der Waals surface area contributed by atoms with Crippen molar-refractivity contribution < 1.29 is 19.0 Å². The first-order valence-electron chi connectivity index (χ1n) is 5.25. The Bertz CT molecular complexity index is 395. The van der Waals surface area contributed by atoms with Gasteiger partial charge in [-0.05, 0) is 17.7 Å². The van der Waals surface area contributed by atoms with Gasteiger partial charge in [0.05, 0.1) is 13.7 Å². The van der Waals surface area contributed by atoms with Crippen LogP contribution in [0.2, 0.25) is 0 Å². The topological polar surface area (TPSA) is 49.8 Å². The molecule has 1 amide bonds. The first-order valence-corrected chi connectivity index (χ1v) is 5.25. The van der Waals surface area contributed by atoms with Gasteiger partial charge in [0.25, 0.3) is 0 Å². The van der Waals surface area contributed by atoms with E-state index in [4.69, 9.17) is 9.84 Å². The number of benzene rings is 1. The van der Waals surface area contributed by atoms with Crippen molar-refractivity contribution in [2.45, 2.75) is 13.0 Å². The monoisotopic (exact) mass is 241 g/mol. The Labute approximate surface area is 99.6 Å². The molecule has 1 aromatic carbocycles. The lowest BCUT2D eigenvalue weighted by Gasteiger charge is -2.17. The number of carbonyl (C=O) groups is 1. The van der Waals surface area contributed by atoms with Crippen LogP contribution in [0.5, 0.6) is 5.75 Å². The van der Waals surface area contributed by atoms with Gasteiger partial charge in [0, 0.05) is 20.0 Å².